The van der Waals surface area contributed by atoms with Gasteiger partial charge in [0.25, 0.3) is 5.91 Å². The first-order chi connectivity index (χ1) is 12.6. The van der Waals surface area contributed by atoms with Crippen molar-refractivity contribution in [3.63, 3.8) is 0 Å². The number of rotatable bonds is 6. The molecule has 0 bridgehead atoms. The van der Waals surface area contributed by atoms with E-state index in [1.54, 1.807) is 60.7 Å². The van der Waals surface area contributed by atoms with Gasteiger partial charge >= 0.3 is 0 Å². The molecule has 1 heterocycles. The summed E-state index contributed by atoms with van der Waals surface area (Å²) in [6.07, 6.45) is 1.44. The molecule has 26 heavy (non-hydrogen) atoms. The van der Waals surface area contributed by atoms with Gasteiger partial charge in [0.1, 0.15) is 0 Å². The van der Waals surface area contributed by atoms with Crippen LogP contribution in [-0.4, -0.2) is 18.4 Å². The number of benzene rings is 2. The monoisotopic (exact) mass is 369 g/mol. The van der Waals surface area contributed by atoms with Crippen molar-refractivity contribution in [1.29, 1.82) is 0 Å². The SMILES string of the molecule is O=C(CNc1cccc(NC(=O)c2ccco2)c1)Nc1ccc(Cl)cc1. The second-order valence-electron chi connectivity index (χ2n) is 5.42. The predicted molar refractivity (Wildman–Crippen MR) is 102 cm³/mol. The molecule has 3 rings (SSSR count). The summed E-state index contributed by atoms with van der Waals surface area (Å²) in [6.45, 7) is 0.0816. The van der Waals surface area contributed by atoms with Crippen LogP contribution in [0.1, 0.15) is 10.6 Å². The highest BCUT2D eigenvalue weighted by Crippen LogP contribution is 2.17. The lowest BCUT2D eigenvalue weighted by atomic mass is 10.2. The zero-order valence-corrected chi connectivity index (χ0v) is 14.4. The number of hydrogen-bond acceptors (Lipinski definition) is 4. The van der Waals surface area contributed by atoms with Gasteiger partial charge in [0, 0.05) is 22.1 Å². The molecule has 0 atom stereocenters. The highest BCUT2D eigenvalue weighted by molar-refractivity contribution is 6.30. The van der Waals surface area contributed by atoms with E-state index in [0.29, 0.717) is 22.1 Å². The third kappa shape index (κ3) is 4.87. The first-order valence-electron chi connectivity index (χ1n) is 7.84. The fourth-order valence-electron chi connectivity index (χ4n) is 2.23. The molecule has 0 radical (unpaired) electrons. The van der Waals surface area contributed by atoms with E-state index in [0.717, 1.165) is 0 Å². The van der Waals surface area contributed by atoms with Gasteiger partial charge < -0.3 is 20.4 Å². The molecular weight excluding hydrogens is 354 g/mol. The lowest BCUT2D eigenvalue weighted by Gasteiger charge is -2.10. The minimum Gasteiger partial charge on any atom is -0.459 e. The fraction of sp³-hybridized carbons (Fsp3) is 0.0526. The molecule has 0 saturated carbocycles. The van der Waals surface area contributed by atoms with Gasteiger partial charge in [-0.3, -0.25) is 9.59 Å². The van der Waals surface area contributed by atoms with E-state index in [1.165, 1.54) is 6.26 Å². The van der Waals surface area contributed by atoms with Crippen molar-refractivity contribution in [3.05, 3.63) is 77.7 Å². The quantitative estimate of drug-likeness (QED) is 0.607. The average Bonchev–Trinajstić information content (AvgIpc) is 3.17. The Hall–Kier alpha value is -3.25. The molecular formula is C19H16ClN3O3. The Bertz CT molecular complexity index is 893. The van der Waals surface area contributed by atoms with Crippen LogP contribution in [0.15, 0.2) is 71.3 Å². The Kier molecular flexibility index (Phi) is 5.56. The van der Waals surface area contributed by atoms with Gasteiger partial charge in [0.05, 0.1) is 12.8 Å². The van der Waals surface area contributed by atoms with Crippen molar-refractivity contribution < 1.29 is 14.0 Å². The van der Waals surface area contributed by atoms with Gasteiger partial charge in [-0.25, -0.2) is 0 Å². The predicted octanol–water partition coefficient (Wildman–Crippen LogP) is 4.24. The van der Waals surface area contributed by atoms with Gasteiger partial charge in [-0.1, -0.05) is 17.7 Å². The summed E-state index contributed by atoms with van der Waals surface area (Å²) in [5.41, 5.74) is 1.96. The molecule has 7 heteroatoms. The summed E-state index contributed by atoms with van der Waals surface area (Å²) in [5, 5.41) is 9.11. The second kappa shape index (κ2) is 8.22. The molecule has 0 aliphatic carbocycles. The highest BCUT2D eigenvalue weighted by atomic mass is 35.5. The Morgan fingerprint density at radius 2 is 1.65 bits per heavy atom. The molecule has 0 aliphatic heterocycles. The molecule has 1 aromatic heterocycles. The largest absolute Gasteiger partial charge is 0.459 e. The molecule has 2 amide bonds. The first-order valence-corrected chi connectivity index (χ1v) is 8.22. The highest BCUT2D eigenvalue weighted by Gasteiger charge is 2.09. The number of anilines is 3. The lowest BCUT2D eigenvalue weighted by Crippen LogP contribution is -2.21. The van der Waals surface area contributed by atoms with Gasteiger partial charge in [0.15, 0.2) is 5.76 Å². The Morgan fingerprint density at radius 3 is 2.38 bits per heavy atom. The van der Waals surface area contributed by atoms with Gasteiger partial charge in [-0.15, -0.1) is 0 Å². The molecule has 0 fully saturated rings. The topological polar surface area (TPSA) is 83.4 Å². The molecule has 132 valence electrons. The second-order valence-corrected chi connectivity index (χ2v) is 5.86. The van der Waals surface area contributed by atoms with Crippen LogP contribution in [0.25, 0.3) is 0 Å². The molecule has 0 aliphatic rings. The summed E-state index contributed by atoms with van der Waals surface area (Å²) in [5.74, 6) is -0.310. The molecule has 0 spiro atoms. The third-order valence-corrected chi connectivity index (χ3v) is 3.70. The zero-order valence-electron chi connectivity index (χ0n) is 13.7. The standard InChI is InChI=1S/C19H16ClN3O3/c20-13-6-8-14(9-7-13)22-18(24)12-21-15-3-1-4-16(11-15)23-19(25)17-5-2-10-26-17/h1-11,21H,12H2,(H,22,24)(H,23,25). The van der Waals surface area contributed by atoms with Crippen molar-refractivity contribution in [1.82, 2.24) is 0 Å². The Labute approximate surface area is 155 Å². The van der Waals surface area contributed by atoms with Crippen LogP contribution in [-0.2, 0) is 4.79 Å². The van der Waals surface area contributed by atoms with E-state index >= 15 is 0 Å². The van der Waals surface area contributed by atoms with Crippen LogP contribution in [0.2, 0.25) is 5.02 Å². The number of halogens is 1. The van der Waals surface area contributed by atoms with E-state index in [4.69, 9.17) is 16.0 Å². The Balaban J connectivity index is 1.54. The number of hydrogen-bond donors (Lipinski definition) is 3. The molecule has 0 unspecified atom stereocenters. The summed E-state index contributed by atoms with van der Waals surface area (Å²) in [7, 11) is 0. The summed E-state index contributed by atoms with van der Waals surface area (Å²) in [4.78, 5) is 24.0. The van der Waals surface area contributed by atoms with E-state index in [1.807, 2.05) is 0 Å². The number of carbonyl (C=O) groups is 2. The van der Waals surface area contributed by atoms with Crippen LogP contribution >= 0.6 is 11.6 Å². The van der Waals surface area contributed by atoms with E-state index in [2.05, 4.69) is 16.0 Å². The maximum absolute atomic E-state index is 12.0. The average molecular weight is 370 g/mol. The van der Waals surface area contributed by atoms with Gasteiger partial charge in [-0.2, -0.15) is 0 Å². The van der Waals surface area contributed by atoms with Crippen LogP contribution in [0, 0.1) is 0 Å². The third-order valence-electron chi connectivity index (χ3n) is 3.45. The van der Waals surface area contributed by atoms with Crippen LogP contribution in [0.3, 0.4) is 0 Å². The van der Waals surface area contributed by atoms with Gasteiger partial charge in [0.2, 0.25) is 5.91 Å². The van der Waals surface area contributed by atoms with E-state index in [-0.39, 0.29) is 24.1 Å². The fourth-order valence-corrected chi connectivity index (χ4v) is 2.35. The maximum atomic E-state index is 12.0. The Morgan fingerprint density at radius 1 is 0.885 bits per heavy atom. The lowest BCUT2D eigenvalue weighted by molar-refractivity contribution is -0.114. The molecule has 3 aromatic rings. The normalized spacial score (nSPS) is 10.2. The number of nitrogens with one attached hydrogen (secondary N) is 3. The summed E-state index contributed by atoms with van der Waals surface area (Å²) >= 11 is 5.81. The van der Waals surface area contributed by atoms with Gasteiger partial charge in [-0.05, 0) is 54.6 Å². The minimum absolute atomic E-state index is 0.0816. The smallest absolute Gasteiger partial charge is 0.291 e. The van der Waals surface area contributed by atoms with Crippen molar-refractivity contribution in [3.8, 4) is 0 Å². The maximum Gasteiger partial charge on any atom is 0.291 e. The van der Waals surface area contributed by atoms with Crippen LogP contribution < -0.4 is 16.0 Å². The zero-order chi connectivity index (χ0) is 18.4. The van der Waals surface area contributed by atoms with E-state index < -0.39 is 0 Å². The first kappa shape index (κ1) is 17.6. The van der Waals surface area contributed by atoms with Crippen LogP contribution in [0.5, 0.6) is 0 Å². The summed E-state index contributed by atoms with van der Waals surface area (Å²) in [6, 6.07) is 17.2. The molecule has 0 saturated heterocycles. The number of furan rings is 1. The molecule has 6 nitrogen and oxygen atoms in total. The molecule has 3 N–H and O–H groups in total. The van der Waals surface area contributed by atoms with Crippen molar-refractivity contribution in [2.75, 3.05) is 22.5 Å². The van der Waals surface area contributed by atoms with Crippen molar-refractivity contribution in [2.24, 2.45) is 0 Å². The van der Waals surface area contributed by atoms with Crippen molar-refractivity contribution >= 4 is 40.5 Å². The van der Waals surface area contributed by atoms with Crippen LogP contribution in [0.4, 0.5) is 17.1 Å². The minimum atomic E-state index is -0.340. The molecule has 2 aromatic carbocycles. The number of amides is 2. The number of carbonyl (C=O) groups excluding carboxylic acids is 2. The van der Waals surface area contributed by atoms with E-state index in [9.17, 15) is 9.59 Å². The van der Waals surface area contributed by atoms with Crippen molar-refractivity contribution in [2.45, 2.75) is 0 Å². The summed E-state index contributed by atoms with van der Waals surface area (Å²) < 4.78 is 5.05.